The average Bonchev–Trinajstić information content (AvgIpc) is 2.72. The number of hydrazine groups is 1. The van der Waals surface area contributed by atoms with Crippen LogP contribution in [0.1, 0.15) is 21.5 Å². The summed E-state index contributed by atoms with van der Waals surface area (Å²) in [6, 6.07) is 13.0. The first kappa shape index (κ1) is 21.5. The maximum absolute atomic E-state index is 12.2. The predicted molar refractivity (Wildman–Crippen MR) is 112 cm³/mol. The zero-order chi connectivity index (χ0) is 20.4. The van der Waals surface area contributed by atoms with Gasteiger partial charge in [-0.2, -0.15) is 0 Å². The van der Waals surface area contributed by atoms with E-state index < -0.39 is 0 Å². The second-order valence-corrected chi connectivity index (χ2v) is 6.32. The Morgan fingerprint density at radius 2 is 1.75 bits per heavy atom. The molecule has 0 saturated carbocycles. The van der Waals surface area contributed by atoms with Gasteiger partial charge in [0.25, 0.3) is 5.91 Å². The van der Waals surface area contributed by atoms with Gasteiger partial charge in [-0.05, 0) is 54.0 Å². The van der Waals surface area contributed by atoms with Crippen molar-refractivity contribution >= 4 is 23.2 Å². The van der Waals surface area contributed by atoms with Crippen molar-refractivity contribution in [2.24, 2.45) is 0 Å². The van der Waals surface area contributed by atoms with E-state index in [4.69, 9.17) is 26.4 Å². The monoisotopic (exact) mass is 403 g/mol. The molecule has 0 radical (unpaired) electrons. The van der Waals surface area contributed by atoms with Crippen molar-refractivity contribution in [3.05, 3.63) is 59.2 Å². The van der Waals surface area contributed by atoms with Gasteiger partial charge in [-0.15, -0.1) is 0 Å². The van der Waals surface area contributed by atoms with E-state index in [0.29, 0.717) is 35.3 Å². The van der Waals surface area contributed by atoms with E-state index in [0.717, 1.165) is 17.5 Å². The van der Waals surface area contributed by atoms with E-state index in [1.165, 1.54) is 0 Å². The van der Waals surface area contributed by atoms with E-state index in [1.54, 1.807) is 33.5 Å². The van der Waals surface area contributed by atoms with Gasteiger partial charge in [0.15, 0.2) is 16.6 Å². The fourth-order valence-electron chi connectivity index (χ4n) is 2.56. The largest absolute Gasteiger partial charge is 0.493 e. The Bertz CT molecular complexity index is 814. The molecule has 0 aliphatic carbocycles. The number of carbonyl (C=O) groups is 1. The lowest BCUT2D eigenvalue weighted by molar-refractivity contribution is 0.0943. The minimum absolute atomic E-state index is 0.276. The Kier molecular flexibility index (Phi) is 8.51. The van der Waals surface area contributed by atoms with Crippen LogP contribution in [0.15, 0.2) is 42.5 Å². The molecule has 0 aromatic heterocycles. The number of thiocarbonyl (C=S) groups is 1. The molecule has 8 heteroatoms. The summed E-state index contributed by atoms with van der Waals surface area (Å²) in [6.45, 7) is 1.05. The Morgan fingerprint density at radius 3 is 2.46 bits per heavy atom. The lowest BCUT2D eigenvalue weighted by Gasteiger charge is -2.13. The minimum Gasteiger partial charge on any atom is -0.493 e. The molecule has 7 nitrogen and oxygen atoms in total. The fourth-order valence-corrected chi connectivity index (χ4v) is 2.71. The van der Waals surface area contributed by atoms with Crippen molar-refractivity contribution in [1.29, 1.82) is 0 Å². The second-order valence-electron chi connectivity index (χ2n) is 5.91. The lowest BCUT2D eigenvalue weighted by Crippen LogP contribution is -2.47. The Hall–Kier alpha value is -2.84. The van der Waals surface area contributed by atoms with Crippen molar-refractivity contribution in [3.8, 4) is 11.5 Å². The summed E-state index contributed by atoms with van der Waals surface area (Å²) in [4.78, 5) is 12.2. The van der Waals surface area contributed by atoms with Crippen LogP contribution in [0.2, 0.25) is 0 Å². The summed E-state index contributed by atoms with van der Waals surface area (Å²) in [5, 5.41) is 3.38. The summed E-state index contributed by atoms with van der Waals surface area (Å²) in [5.74, 6) is 1.10. The van der Waals surface area contributed by atoms with Gasteiger partial charge in [-0.25, -0.2) is 0 Å². The smallest absolute Gasteiger partial charge is 0.269 e. The molecule has 0 fully saturated rings. The number of carbonyl (C=O) groups excluding carboxylic acids is 1. The van der Waals surface area contributed by atoms with Crippen LogP contribution in [0.4, 0.5) is 0 Å². The van der Waals surface area contributed by atoms with E-state index >= 15 is 0 Å². The Balaban J connectivity index is 1.77. The number of ether oxygens (including phenoxy) is 3. The number of hydrogen-bond donors (Lipinski definition) is 3. The number of nitrogens with one attached hydrogen (secondary N) is 3. The van der Waals surface area contributed by atoms with Crippen molar-refractivity contribution < 1.29 is 19.0 Å². The highest BCUT2D eigenvalue weighted by Crippen LogP contribution is 2.27. The van der Waals surface area contributed by atoms with Gasteiger partial charge < -0.3 is 19.5 Å². The molecule has 150 valence electrons. The topological polar surface area (TPSA) is 80.9 Å². The molecule has 1 amide bonds. The first-order chi connectivity index (χ1) is 13.6. The standard InChI is InChI=1S/C20H25N3O4S/c1-25-13-15-5-4-6-16(11-15)19(24)22-23-20(28)21-10-9-14-7-8-17(26-2)18(12-14)27-3/h4-8,11-12H,9-10,13H2,1-3H3,(H,22,24)(H2,21,23,28). The molecule has 2 aromatic carbocycles. The van der Waals surface area contributed by atoms with Crippen LogP contribution in [0.5, 0.6) is 11.5 Å². The molecule has 0 aliphatic heterocycles. The molecule has 0 heterocycles. The molecule has 2 rings (SSSR count). The van der Waals surface area contributed by atoms with Crippen molar-refractivity contribution in [1.82, 2.24) is 16.2 Å². The Morgan fingerprint density at radius 1 is 0.964 bits per heavy atom. The summed E-state index contributed by atoms with van der Waals surface area (Å²) >= 11 is 5.19. The van der Waals surface area contributed by atoms with Crippen molar-refractivity contribution in [2.75, 3.05) is 27.9 Å². The number of methoxy groups -OCH3 is 3. The third-order valence-corrected chi connectivity index (χ3v) is 4.18. The minimum atomic E-state index is -0.276. The van der Waals surface area contributed by atoms with Gasteiger partial charge in [0, 0.05) is 19.2 Å². The fraction of sp³-hybridized carbons (Fsp3) is 0.300. The van der Waals surface area contributed by atoms with E-state index in [-0.39, 0.29) is 5.91 Å². The SMILES string of the molecule is COCc1cccc(C(=O)NNC(=S)NCCc2ccc(OC)c(OC)c2)c1. The summed E-state index contributed by atoms with van der Waals surface area (Å²) in [7, 11) is 4.82. The van der Waals surface area contributed by atoms with Crippen molar-refractivity contribution in [2.45, 2.75) is 13.0 Å². The van der Waals surface area contributed by atoms with Crippen LogP contribution >= 0.6 is 12.2 Å². The number of hydrogen-bond acceptors (Lipinski definition) is 5. The molecule has 0 aliphatic rings. The van der Waals surface area contributed by atoms with E-state index in [1.807, 2.05) is 30.3 Å². The Labute approximate surface area is 170 Å². The third-order valence-electron chi connectivity index (χ3n) is 3.94. The molecule has 0 saturated heterocycles. The maximum Gasteiger partial charge on any atom is 0.269 e. The zero-order valence-corrected chi connectivity index (χ0v) is 17.0. The number of rotatable bonds is 8. The molecule has 0 unspecified atom stereocenters. The second kappa shape index (κ2) is 11.1. The van der Waals surface area contributed by atoms with Gasteiger partial charge in [0.05, 0.1) is 20.8 Å². The first-order valence-electron chi connectivity index (χ1n) is 8.70. The van der Waals surface area contributed by atoms with Gasteiger partial charge in [0.2, 0.25) is 0 Å². The van der Waals surface area contributed by atoms with Crippen molar-refractivity contribution in [3.63, 3.8) is 0 Å². The number of benzene rings is 2. The maximum atomic E-state index is 12.2. The molecule has 0 spiro atoms. The van der Waals surface area contributed by atoms with E-state index in [9.17, 15) is 4.79 Å². The summed E-state index contributed by atoms with van der Waals surface area (Å²) in [5.41, 5.74) is 7.81. The molecule has 28 heavy (non-hydrogen) atoms. The van der Waals surface area contributed by atoms with Crippen LogP contribution in [0, 0.1) is 0 Å². The summed E-state index contributed by atoms with van der Waals surface area (Å²) < 4.78 is 15.6. The highest BCUT2D eigenvalue weighted by molar-refractivity contribution is 7.80. The highest BCUT2D eigenvalue weighted by atomic mass is 32.1. The van der Waals surface area contributed by atoms with Gasteiger partial charge >= 0.3 is 0 Å². The number of amides is 1. The molecule has 2 aromatic rings. The zero-order valence-electron chi connectivity index (χ0n) is 16.2. The van der Waals surface area contributed by atoms with Crippen LogP contribution in [0.3, 0.4) is 0 Å². The quantitative estimate of drug-likeness (QED) is 0.461. The van der Waals surface area contributed by atoms with Gasteiger partial charge in [-0.1, -0.05) is 18.2 Å². The first-order valence-corrected chi connectivity index (χ1v) is 9.11. The molecule has 3 N–H and O–H groups in total. The molecular formula is C20H25N3O4S. The molecular weight excluding hydrogens is 378 g/mol. The highest BCUT2D eigenvalue weighted by Gasteiger charge is 2.07. The molecule has 0 bridgehead atoms. The van der Waals surface area contributed by atoms with Crippen LogP contribution in [-0.4, -0.2) is 38.9 Å². The normalized spacial score (nSPS) is 10.1. The van der Waals surface area contributed by atoms with Gasteiger partial charge in [-0.3, -0.25) is 15.6 Å². The lowest BCUT2D eigenvalue weighted by atomic mass is 10.1. The third kappa shape index (κ3) is 6.40. The van der Waals surface area contributed by atoms with Crippen LogP contribution in [0.25, 0.3) is 0 Å². The van der Waals surface area contributed by atoms with Crippen LogP contribution in [-0.2, 0) is 17.8 Å². The summed E-state index contributed by atoms with van der Waals surface area (Å²) in [6.07, 6.45) is 0.731. The average molecular weight is 404 g/mol. The molecule has 0 atom stereocenters. The van der Waals surface area contributed by atoms with E-state index in [2.05, 4.69) is 16.2 Å². The van der Waals surface area contributed by atoms with Gasteiger partial charge in [0.1, 0.15) is 0 Å². The predicted octanol–water partition coefficient (Wildman–Crippen LogP) is 2.20. The van der Waals surface area contributed by atoms with Crippen LogP contribution < -0.4 is 25.6 Å².